The average Bonchev–Trinajstić information content (AvgIpc) is 2.96. The van der Waals surface area contributed by atoms with E-state index in [9.17, 15) is 9.59 Å². The predicted octanol–water partition coefficient (Wildman–Crippen LogP) is 3.89. The first-order chi connectivity index (χ1) is 10.5. The van der Waals surface area contributed by atoms with Crippen LogP contribution in [0.3, 0.4) is 0 Å². The SMILES string of the molecule is CC(C)(C)OC(=O)CC(OC(=O)C(C)(C)C)C1CC2C=CC1C2. The summed E-state index contributed by atoms with van der Waals surface area (Å²) in [5, 5.41) is 0. The smallest absolute Gasteiger partial charge is 0.311 e. The lowest BCUT2D eigenvalue weighted by atomic mass is 9.86. The Morgan fingerprint density at radius 1 is 1.09 bits per heavy atom. The number of hydrogen-bond acceptors (Lipinski definition) is 4. The van der Waals surface area contributed by atoms with Crippen molar-refractivity contribution in [2.24, 2.45) is 23.2 Å². The van der Waals surface area contributed by atoms with Gasteiger partial charge in [0.2, 0.25) is 0 Å². The molecular weight excluding hydrogens is 292 g/mol. The Morgan fingerprint density at radius 2 is 1.74 bits per heavy atom. The number of carbonyl (C=O) groups excluding carboxylic acids is 2. The summed E-state index contributed by atoms with van der Waals surface area (Å²) in [7, 11) is 0. The molecule has 4 heteroatoms. The average molecular weight is 322 g/mol. The van der Waals surface area contributed by atoms with Gasteiger partial charge in [-0.3, -0.25) is 9.59 Å². The van der Waals surface area contributed by atoms with Crippen molar-refractivity contribution in [2.75, 3.05) is 0 Å². The fourth-order valence-electron chi connectivity index (χ4n) is 3.39. The summed E-state index contributed by atoms with van der Waals surface area (Å²) >= 11 is 0. The molecule has 0 aromatic carbocycles. The molecule has 2 aliphatic carbocycles. The highest BCUT2D eigenvalue weighted by Crippen LogP contribution is 2.46. The van der Waals surface area contributed by atoms with Crippen LogP contribution < -0.4 is 0 Å². The van der Waals surface area contributed by atoms with E-state index in [1.165, 1.54) is 0 Å². The maximum absolute atomic E-state index is 12.3. The van der Waals surface area contributed by atoms with Crippen molar-refractivity contribution in [3.05, 3.63) is 12.2 Å². The molecule has 1 saturated carbocycles. The maximum Gasteiger partial charge on any atom is 0.311 e. The maximum atomic E-state index is 12.3. The monoisotopic (exact) mass is 322 g/mol. The van der Waals surface area contributed by atoms with Crippen molar-refractivity contribution in [1.29, 1.82) is 0 Å². The Hall–Kier alpha value is -1.32. The molecule has 0 amide bonds. The molecule has 0 heterocycles. The van der Waals surface area contributed by atoms with Gasteiger partial charge in [0.25, 0.3) is 0 Å². The van der Waals surface area contributed by atoms with E-state index in [0.717, 1.165) is 12.8 Å². The summed E-state index contributed by atoms with van der Waals surface area (Å²) in [5.41, 5.74) is -1.09. The van der Waals surface area contributed by atoms with E-state index in [-0.39, 0.29) is 24.3 Å². The second-order valence-corrected chi connectivity index (χ2v) is 8.93. The Morgan fingerprint density at radius 3 is 2.17 bits per heavy atom. The molecule has 4 unspecified atom stereocenters. The molecule has 2 bridgehead atoms. The Bertz CT molecular complexity index is 492. The third-order valence-electron chi connectivity index (χ3n) is 4.47. The summed E-state index contributed by atoms with van der Waals surface area (Å²) in [6, 6.07) is 0. The van der Waals surface area contributed by atoms with Crippen LogP contribution in [0, 0.1) is 23.2 Å². The van der Waals surface area contributed by atoms with E-state index in [1.807, 2.05) is 41.5 Å². The molecule has 0 aromatic heterocycles. The van der Waals surface area contributed by atoms with Crippen molar-refractivity contribution in [2.45, 2.75) is 72.5 Å². The van der Waals surface area contributed by atoms with Crippen molar-refractivity contribution in [1.82, 2.24) is 0 Å². The summed E-state index contributed by atoms with van der Waals surface area (Å²) in [6.45, 7) is 11.0. The molecule has 0 saturated heterocycles. The minimum atomic E-state index is -0.570. The van der Waals surface area contributed by atoms with Gasteiger partial charge in [0.05, 0.1) is 11.8 Å². The minimum Gasteiger partial charge on any atom is -0.461 e. The van der Waals surface area contributed by atoms with Crippen LogP contribution in [0.25, 0.3) is 0 Å². The number of ether oxygens (including phenoxy) is 2. The van der Waals surface area contributed by atoms with Crippen LogP contribution >= 0.6 is 0 Å². The Kier molecular flexibility index (Phi) is 4.93. The van der Waals surface area contributed by atoms with Gasteiger partial charge in [0, 0.05) is 5.92 Å². The zero-order valence-corrected chi connectivity index (χ0v) is 15.2. The Labute approximate surface area is 139 Å². The van der Waals surface area contributed by atoms with Gasteiger partial charge < -0.3 is 9.47 Å². The van der Waals surface area contributed by atoms with E-state index < -0.39 is 17.1 Å². The number of allylic oxidation sites excluding steroid dienone is 2. The van der Waals surface area contributed by atoms with Crippen molar-refractivity contribution >= 4 is 11.9 Å². The third-order valence-corrected chi connectivity index (χ3v) is 4.47. The summed E-state index contributed by atoms with van der Waals surface area (Å²) in [5.74, 6) is 0.664. The second-order valence-electron chi connectivity index (χ2n) is 8.93. The highest BCUT2D eigenvalue weighted by atomic mass is 16.6. The van der Waals surface area contributed by atoms with Crippen LogP contribution in [0.4, 0.5) is 0 Å². The Balaban J connectivity index is 2.07. The normalized spacial score (nSPS) is 27.8. The molecule has 23 heavy (non-hydrogen) atoms. The molecule has 0 aromatic rings. The highest BCUT2D eigenvalue weighted by molar-refractivity contribution is 5.76. The van der Waals surface area contributed by atoms with Crippen molar-refractivity contribution < 1.29 is 19.1 Å². The first kappa shape index (κ1) is 18.0. The number of hydrogen-bond donors (Lipinski definition) is 0. The summed E-state index contributed by atoms with van der Waals surface area (Å²) in [6.07, 6.45) is 6.31. The van der Waals surface area contributed by atoms with E-state index >= 15 is 0 Å². The van der Waals surface area contributed by atoms with Crippen LogP contribution in [-0.2, 0) is 19.1 Å². The van der Waals surface area contributed by atoms with Crippen LogP contribution in [0.2, 0.25) is 0 Å². The van der Waals surface area contributed by atoms with Gasteiger partial charge in [-0.05, 0) is 66.2 Å². The molecule has 0 N–H and O–H groups in total. The fraction of sp³-hybridized carbons (Fsp3) is 0.789. The number of carbonyl (C=O) groups is 2. The molecule has 4 nitrogen and oxygen atoms in total. The lowest BCUT2D eigenvalue weighted by Gasteiger charge is -2.31. The zero-order valence-electron chi connectivity index (χ0n) is 15.2. The van der Waals surface area contributed by atoms with Gasteiger partial charge in [0.15, 0.2) is 0 Å². The van der Waals surface area contributed by atoms with Crippen molar-refractivity contribution in [3.8, 4) is 0 Å². The standard InChI is InChI=1S/C19H30O4/c1-18(2,3)17(21)22-15(11-16(20)23-19(4,5)6)14-10-12-7-8-13(14)9-12/h7-8,12-15H,9-11H2,1-6H3. The molecule has 130 valence electrons. The van der Waals surface area contributed by atoms with E-state index in [4.69, 9.17) is 9.47 Å². The summed E-state index contributed by atoms with van der Waals surface area (Å²) in [4.78, 5) is 24.5. The fourth-order valence-corrected chi connectivity index (χ4v) is 3.39. The van der Waals surface area contributed by atoms with Gasteiger partial charge in [-0.1, -0.05) is 12.2 Å². The molecule has 2 rings (SSSR count). The minimum absolute atomic E-state index is 0.140. The largest absolute Gasteiger partial charge is 0.461 e. The quantitative estimate of drug-likeness (QED) is 0.582. The van der Waals surface area contributed by atoms with Gasteiger partial charge in [-0.15, -0.1) is 0 Å². The molecule has 2 aliphatic rings. The predicted molar refractivity (Wildman–Crippen MR) is 88.6 cm³/mol. The molecule has 4 atom stereocenters. The van der Waals surface area contributed by atoms with Crippen LogP contribution in [0.15, 0.2) is 12.2 Å². The molecule has 0 radical (unpaired) electrons. The lowest BCUT2D eigenvalue weighted by Crippen LogP contribution is -2.37. The number of esters is 2. The van der Waals surface area contributed by atoms with Crippen LogP contribution in [-0.4, -0.2) is 23.6 Å². The van der Waals surface area contributed by atoms with E-state index in [0.29, 0.717) is 11.8 Å². The topological polar surface area (TPSA) is 52.6 Å². The van der Waals surface area contributed by atoms with Gasteiger partial charge in [-0.2, -0.15) is 0 Å². The van der Waals surface area contributed by atoms with E-state index in [1.54, 1.807) is 0 Å². The van der Waals surface area contributed by atoms with Gasteiger partial charge in [-0.25, -0.2) is 0 Å². The van der Waals surface area contributed by atoms with Gasteiger partial charge in [0.1, 0.15) is 11.7 Å². The first-order valence-electron chi connectivity index (χ1n) is 8.57. The second kappa shape index (κ2) is 6.29. The molecule has 0 aliphatic heterocycles. The number of rotatable bonds is 4. The van der Waals surface area contributed by atoms with E-state index in [2.05, 4.69) is 12.2 Å². The molecule has 0 spiro atoms. The first-order valence-corrected chi connectivity index (χ1v) is 8.57. The van der Waals surface area contributed by atoms with Crippen LogP contribution in [0.1, 0.15) is 60.8 Å². The lowest BCUT2D eigenvalue weighted by molar-refractivity contribution is -0.169. The molecule has 1 fully saturated rings. The highest BCUT2D eigenvalue weighted by Gasteiger charge is 2.43. The van der Waals surface area contributed by atoms with Crippen molar-refractivity contribution in [3.63, 3.8) is 0 Å². The van der Waals surface area contributed by atoms with Crippen LogP contribution in [0.5, 0.6) is 0 Å². The number of fused-ring (bicyclic) bond motifs is 2. The van der Waals surface area contributed by atoms with Gasteiger partial charge >= 0.3 is 11.9 Å². The zero-order chi connectivity index (χ0) is 17.4. The summed E-state index contributed by atoms with van der Waals surface area (Å²) < 4.78 is 11.2. The molecular formula is C19H30O4. The third kappa shape index (κ3) is 4.82.